The van der Waals surface area contributed by atoms with Gasteiger partial charge in [-0.1, -0.05) is 37.3 Å². The van der Waals surface area contributed by atoms with Crippen molar-refractivity contribution in [2.75, 3.05) is 26.4 Å². The maximum atomic E-state index is 12.7. The smallest absolute Gasteiger partial charge is 0.240 e. The average Bonchev–Trinajstić information content (AvgIpc) is 2.97. The highest BCUT2D eigenvalue weighted by Crippen LogP contribution is 2.26. The zero-order valence-electron chi connectivity index (χ0n) is 13.4. The van der Waals surface area contributed by atoms with E-state index in [9.17, 15) is 13.2 Å². The summed E-state index contributed by atoms with van der Waals surface area (Å²) in [6, 6.07) is 9.07. The number of hydrogen-bond donors (Lipinski definition) is 0. The van der Waals surface area contributed by atoms with Crippen molar-refractivity contribution < 1.29 is 13.2 Å². The van der Waals surface area contributed by atoms with Crippen molar-refractivity contribution in [2.45, 2.75) is 31.7 Å². The number of carbonyl (C=O) groups is 1. The molecule has 2 atom stereocenters. The Morgan fingerprint density at radius 2 is 1.95 bits per heavy atom. The predicted molar refractivity (Wildman–Crippen MR) is 87.1 cm³/mol. The number of carbonyl (C=O) groups excluding carboxylic acids is 1. The molecule has 1 aromatic carbocycles. The summed E-state index contributed by atoms with van der Waals surface area (Å²) in [5, 5.41) is 0. The van der Waals surface area contributed by atoms with Gasteiger partial charge in [-0.05, 0) is 24.3 Å². The van der Waals surface area contributed by atoms with Gasteiger partial charge in [0.25, 0.3) is 0 Å². The zero-order chi connectivity index (χ0) is 16.3. The normalized spacial score (nSPS) is 20.8. The standard InChI is InChI=1S/C16H24N2O3S/c1-13(14-8-5-4-6-9-14)12-22(20,21)18-11-7-10-15(18)16(19)17(2)3/h4-6,8-9,13,15H,7,10-12H2,1-3H3/t13-,15+/m0/s1. The summed E-state index contributed by atoms with van der Waals surface area (Å²) in [5.74, 6) is -0.191. The summed E-state index contributed by atoms with van der Waals surface area (Å²) in [7, 11) is -0.120. The van der Waals surface area contributed by atoms with Crippen molar-refractivity contribution in [3.05, 3.63) is 35.9 Å². The van der Waals surface area contributed by atoms with Gasteiger partial charge in [0.05, 0.1) is 5.75 Å². The summed E-state index contributed by atoms with van der Waals surface area (Å²) in [4.78, 5) is 13.6. The molecule has 1 heterocycles. The highest BCUT2D eigenvalue weighted by Gasteiger charge is 2.39. The lowest BCUT2D eigenvalue weighted by molar-refractivity contribution is -0.132. The van der Waals surface area contributed by atoms with Crippen molar-refractivity contribution in [1.29, 1.82) is 0 Å². The first-order valence-corrected chi connectivity index (χ1v) is 9.19. The first kappa shape index (κ1) is 17.0. The van der Waals surface area contributed by atoms with Crippen molar-refractivity contribution in [3.8, 4) is 0 Å². The van der Waals surface area contributed by atoms with Crippen LogP contribution in [-0.4, -0.2) is 56.0 Å². The molecule has 6 heteroatoms. The second-order valence-corrected chi connectivity index (χ2v) is 8.06. The second kappa shape index (κ2) is 6.79. The molecule has 0 N–H and O–H groups in total. The van der Waals surface area contributed by atoms with Crippen LogP contribution in [0, 0.1) is 0 Å². The van der Waals surface area contributed by atoms with Crippen LogP contribution in [0.25, 0.3) is 0 Å². The Bertz CT molecular complexity index is 614. The molecule has 0 saturated carbocycles. The maximum Gasteiger partial charge on any atom is 0.240 e. The minimum atomic E-state index is -3.45. The van der Waals surface area contributed by atoms with E-state index < -0.39 is 16.1 Å². The van der Waals surface area contributed by atoms with Crippen LogP contribution in [-0.2, 0) is 14.8 Å². The number of amides is 1. The largest absolute Gasteiger partial charge is 0.347 e. The minimum Gasteiger partial charge on any atom is -0.347 e. The lowest BCUT2D eigenvalue weighted by Crippen LogP contribution is -2.46. The summed E-state index contributed by atoms with van der Waals surface area (Å²) >= 11 is 0. The molecular weight excluding hydrogens is 300 g/mol. The quantitative estimate of drug-likeness (QED) is 0.828. The van der Waals surface area contributed by atoms with E-state index in [-0.39, 0.29) is 17.6 Å². The zero-order valence-corrected chi connectivity index (χ0v) is 14.2. The Balaban J connectivity index is 2.14. The summed E-state index contributed by atoms with van der Waals surface area (Å²) in [6.07, 6.45) is 1.35. The fraction of sp³-hybridized carbons (Fsp3) is 0.562. The van der Waals surface area contributed by atoms with Crippen LogP contribution in [0.15, 0.2) is 30.3 Å². The Labute approximate surface area is 133 Å². The van der Waals surface area contributed by atoms with Crippen molar-refractivity contribution in [2.24, 2.45) is 0 Å². The molecule has 0 bridgehead atoms. The lowest BCUT2D eigenvalue weighted by atomic mass is 10.0. The van der Waals surface area contributed by atoms with Gasteiger partial charge in [-0.3, -0.25) is 4.79 Å². The van der Waals surface area contributed by atoms with Crippen LogP contribution in [0.2, 0.25) is 0 Å². The molecule has 122 valence electrons. The molecule has 0 radical (unpaired) electrons. The number of nitrogens with zero attached hydrogens (tertiary/aromatic N) is 2. The van der Waals surface area contributed by atoms with Crippen LogP contribution in [0.4, 0.5) is 0 Å². The van der Waals surface area contributed by atoms with Crippen LogP contribution in [0.3, 0.4) is 0 Å². The first-order chi connectivity index (χ1) is 10.3. The van der Waals surface area contributed by atoms with Gasteiger partial charge in [0.1, 0.15) is 6.04 Å². The molecule has 5 nitrogen and oxygen atoms in total. The third-order valence-electron chi connectivity index (χ3n) is 4.12. The van der Waals surface area contributed by atoms with Crippen molar-refractivity contribution in [1.82, 2.24) is 9.21 Å². The molecule has 0 spiro atoms. The fourth-order valence-electron chi connectivity index (χ4n) is 2.91. The number of hydrogen-bond acceptors (Lipinski definition) is 3. The first-order valence-electron chi connectivity index (χ1n) is 7.58. The average molecular weight is 324 g/mol. The van der Waals surface area contributed by atoms with Gasteiger partial charge in [-0.2, -0.15) is 4.31 Å². The number of rotatable bonds is 5. The van der Waals surface area contributed by atoms with Gasteiger partial charge >= 0.3 is 0 Å². The summed E-state index contributed by atoms with van der Waals surface area (Å²) in [5.41, 5.74) is 1.00. The summed E-state index contributed by atoms with van der Waals surface area (Å²) in [6.45, 7) is 2.35. The van der Waals surface area contributed by atoms with Crippen LogP contribution in [0.1, 0.15) is 31.2 Å². The molecule has 2 rings (SSSR count). The van der Waals surface area contributed by atoms with Crippen LogP contribution < -0.4 is 0 Å². The molecule has 0 aliphatic carbocycles. The highest BCUT2D eigenvalue weighted by atomic mass is 32.2. The van der Waals surface area contributed by atoms with Gasteiger partial charge in [-0.15, -0.1) is 0 Å². The third kappa shape index (κ3) is 3.67. The van der Waals surface area contributed by atoms with Gasteiger partial charge < -0.3 is 4.90 Å². The molecule has 1 aliphatic heterocycles. The van der Waals surface area contributed by atoms with E-state index in [1.807, 2.05) is 37.3 Å². The number of benzene rings is 1. The van der Waals surface area contributed by atoms with Crippen LogP contribution >= 0.6 is 0 Å². The maximum absolute atomic E-state index is 12.7. The molecule has 0 unspecified atom stereocenters. The van der Waals surface area contributed by atoms with Crippen molar-refractivity contribution >= 4 is 15.9 Å². The SMILES string of the molecule is C[C@@H](CS(=O)(=O)N1CCC[C@@H]1C(=O)N(C)C)c1ccccc1. The van der Waals surface area contributed by atoms with E-state index in [0.717, 1.165) is 12.0 Å². The molecule has 1 aromatic rings. The van der Waals surface area contributed by atoms with E-state index >= 15 is 0 Å². The van der Waals surface area contributed by atoms with Gasteiger partial charge in [-0.25, -0.2) is 8.42 Å². The van der Waals surface area contributed by atoms with E-state index in [2.05, 4.69) is 0 Å². The number of sulfonamides is 1. The third-order valence-corrected chi connectivity index (χ3v) is 6.19. The fourth-order valence-corrected chi connectivity index (χ4v) is 4.91. The van der Waals surface area contributed by atoms with E-state index in [4.69, 9.17) is 0 Å². The Morgan fingerprint density at radius 1 is 1.32 bits per heavy atom. The minimum absolute atomic E-state index is 0.0359. The Hall–Kier alpha value is -1.40. The van der Waals surface area contributed by atoms with Crippen molar-refractivity contribution in [3.63, 3.8) is 0 Å². The van der Waals surface area contributed by atoms with E-state index in [0.29, 0.717) is 13.0 Å². The molecular formula is C16H24N2O3S. The molecule has 22 heavy (non-hydrogen) atoms. The second-order valence-electron chi connectivity index (χ2n) is 6.09. The molecule has 1 saturated heterocycles. The van der Waals surface area contributed by atoms with Gasteiger partial charge in [0.2, 0.25) is 15.9 Å². The van der Waals surface area contributed by atoms with E-state index in [1.165, 1.54) is 9.21 Å². The lowest BCUT2D eigenvalue weighted by Gasteiger charge is -2.26. The topological polar surface area (TPSA) is 57.7 Å². The monoisotopic (exact) mass is 324 g/mol. The van der Waals surface area contributed by atoms with E-state index in [1.54, 1.807) is 14.1 Å². The molecule has 1 amide bonds. The molecule has 1 fully saturated rings. The summed E-state index contributed by atoms with van der Waals surface area (Å²) < 4.78 is 26.8. The van der Waals surface area contributed by atoms with Gasteiger partial charge in [0, 0.05) is 20.6 Å². The predicted octanol–water partition coefficient (Wildman–Crippen LogP) is 1.67. The Kier molecular flexibility index (Phi) is 5.24. The van der Waals surface area contributed by atoms with Gasteiger partial charge in [0.15, 0.2) is 0 Å². The Morgan fingerprint density at radius 3 is 2.55 bits per heavy atom. The molecule has 1 aliphatic rings. The van der Waals surface area contributed by atoms with Crippen LogP contribution in [0.5, 0.6) is 0 Å². The number of likely N-dealkylation sites (N-methyl/N-ethyl adjacent to an activating group) is 1. The molecule has 0 aromatic heterocycles. The highest BCUT2D eigenvalue weighted by molar-refractivity contribution is 7.89.